The molecule has 1 aromatic heterocycles. The Morgan fingerprint density at radius 3 is 2.95 bits per heavy atom. The lowest BCUT2D eigenvalue weighted by Gasteiger charge is -2.13. The highest BCUT2D eigenvalue weighted by Gasteiger charge is 2.26. The second kappa shape index (κ2) is 5.83. The number of benzene rings is 1. The quantitative estimate of drug-likeness (QED) is 0.939. The summed E-state index contributed by atoms with van der Waals surface area (Å²) in [6, 6.07) is 7.93. The van der Waals surface area contributed by atoms with Crippen LogP contribution in [0.4, 0.5) is 5.82 Å². The fourth-order valence-electron chi connectivity index (χ4n) is 2.59. The van der Waals surface area contributed by atoms with E-state index in [4.69, 9.17) is 9.47 Å². The predicted octanol–water partition coefficient (Wildman–Crippen LogP) is 3.13. The first kappa shape index (κ1) is 13.4. The van der Waals surface area contributed by atoms with Gasteiger partial charge in [-0.25, -0.2) is 9.97 Å². The van der Waals surface area contributed by atoms with Crippen LogP contribution in [0, 0.1) is 0 Å². The molecule has 0 spiro atoms. The maximum Gasteiger partial charge on any atom is 0.166 e. The molecule has 1 aromatic carbocycles. The average molecular weight is 297 g/mol. The van der Waals surface area contributed by atoms with Gasteiger partial charge in [-0.2, -0.15) is 0 Å². The van der Waals surface area contributed by atoms with Gasteiger partial charge in [-0.1, -0.05) is 12.1 Å². The first-order chi connectivity index (χ1) is 10.9. The third kappa shape index (κ3) is 2.84. The molecule has 1 aliphatic carbocycles. The number of fused-ring (bicyclic) bond motifs is 1. The van der Waals surface area contributed by atoms with E-state index in [1.165, 1.54) is 12.8 Å². The zero-order valence-electron chi connectivity index (χ0n) is 12.4. The van der Waals surface area contributed by atoms with Crippen LogP contribution in [-0.4, -0.2) is 23.2 Å². The maximum absolute atomic E-state index is 5.84. The highest BCUT2D eigenvalue weighted by Crippen LogP contribution is 2.38. The van der Waals surface area contributed by atoms with Gasteiger partial charge in [0.15, 0.2) is 11.5 Å². The van der Waals surface area contributed by atoms with Crippen LogP contribution in [0.25, 0.3) is 0 Å². The minimum Gasteiger partial charge on any atom is -0.490 e. The summed E-state index contributed by atoms with van der Waals surface area (Å²) in [6.45, 7) is 2.07. The van der Waals surface area contributed by atoms with Crippen molar-refractivity contribution in [2.45, 2.75) is 31.7 Å². The highest BCUT2D eigenvalue weighted by atomic mass is 16.5. The second-order valence-electron chi connectivity index (χ2n) is 5.72. The molecule has 0 bridgehead atoms. The lowest BCUT2D eigenvalue weighted by atomic mass is 10.2. The van der Waals surface area contributed by atoms with E-state index in [9.17, 15) is 0 Å². The van der Waals surface area contributed by atoms with Crippen molar-refractivity contribution in [3.63, 3.8) is 0 Å². The van der Waals surface area contributed by atoms with Crippen molar-refractivity contribution in [1.82, 2.24) is 9.97 Å². The Kier molecular flexibility index (Phi) is 3.54. The number of aromatic nitrogens is 2. The second-order valence-corrected chi connectivity index (χ2v) is 5.72. The molecule has 114 valence electrons. The van der Waals surface area contributed by atoms with Crippen LogP contribution in [-0.2, 0) is 6.54 Å². The van der Waals surface area contributed by atoms with Crippen LogP contribution in [0.2, 0.25) is 0 Å². The van der Waals surface area contributed by atoms with E-state index in [1.54, 1.807) is 0 Å². The lowest BCUT2D eigenvalue weighted by molar-refractivity contribution is 0.296. The molecule has 2 aliphatic rings. The molecule has 1 saturated carbocycles. The lowest BCUT2D eigenvalue weighted by Crippen LogP contribution is -2.06. The summed E-state index contributed by atoms with van der Waals surface area (Å²) in [6.07, 6.45) is 5.16. The van der Waals surface area contributed by atoms with E-state index in [-0.39, 0.29) is 0 Å². The zero-order valence-corrected chi connectivity index (χ0v) is 12.4. The fourth-order valence-corrected chi connectivity index (χ4v) is 2.59. The van der Waals surface area contributed by atoms with Crippen LogP contribution < -0.4 is 14.8 Å². The standard InChI is InChI=1S/C17H19N3O2/c1-3-13(16-14(4-1)21-9-2-10-22-16)11-19-15-7-8-18-17(20-15)12-5-6-12/h1,3-4,7-8,12H,2,5-6,9-11H2,(H,18,19,20). The van der Waals surface area contributed by atoms with Crippen LogP contribution in [0.15, 0.2) is 30.5 Å². The Morgan fingerprint density at radius 1 is 1.14 bits per heavy atom. The SMILES string of the molecule is c1cc(CNc2ccnc(C3CC3)n2)c2c(c1)OCCCO2. The molecule has 1 aliphatic heterocycles. The van der Waals surface area contributed by atoms with Gasteiger partial charge in [0.05, 0.1) is 13.2 Å². The molecule has 0 atom stereocenters. The van der Waals surface area contributed by atoms with Crippen molar-refractivity contribution in [2.24, 2.45) is 0 Å². The maximum atomic E-state index is 5.84. The molecule has 5 heteroatoms. The number of nitrogens with zero attached hydrogens (tertiary/aromatic N) is 2. The summed E-state index contributed by atoms with van der Waals surface area (Å²) in [5.74, 6) is 4.06. The van der Waals surface area contributed by atoms with Crippen molar-refractivity contribution in [2.75, 3.05) is 18.5 Å². The van der Waals surface area contributed by atoms with Gasteiger partial charge in [-0.15, -0.1) is 0 Å². The fraction of sp³-hybridized carbons (Fsp3) is 0.412. The van der Waals surface area contributed by atoms with E-state index in [1.807, 2.05) is 24.4 Å². The minimum absolute atomic E-state index is 0.562. The van der Waals surface area contributed by atoms with Crippen LogP contribution in [0.5, 0.6) is 11.5 Å². The molecule has 0 unspecified atom stereocenters. The molecule has 2 aromatic rings. The third-order valence-electron chi connectivity index (χ3n) is 3.93. The van der Waals surface area contributed by atoms with Crippen molar-refractivity contribution in [3.05, 3.63) is 41.9 Å². The number of nitrogens with one attached hydrogen (secondary N) is 1. The molecule has 2 heterocycles. The Morgan fingerprint density at radius 2 is 2.05 bits per heavy atom. The summed E-state index contributed by atoms with van der Waals surface area (Å²) < 4.78 is 11.6. The van der Waals surface area contributed by atoms with E-state index < -0.39 is 0 Å². The monoisotopic (exact) mass is 297 g/mol. The number of para-hydroxylation sites is 1. The van der Waals surface area contributed by atoms with Gasteiger partial charge in [-0.05, 0) is 25.0 Å². The molecular weight excluding hydrogens is 278 g/mol. The van der Waals surface area contributed by atoms with E-state index in [2.05, 4.69) is 21.4 Å². The summed E-state index contributed by atoms with van der Waals surface area (Å²) >= 11 is 0. The summed E-state index contributed by atoms with van der Waals surface area (Å²) in [7, 11) is 0. The molecule has 4 rings (SSSR count). The van der Waals surface area contributed by atoms with Crippen LogP contribution >= 0.6 is 0 Å². The molecule has 5 nitrogen and oxygen atoms in total. The van der Waals surface area contributed by atoms with Crippen molar-refractivity contribution < 1.29 is 9.47 Å². The van der Waals surface area contributed by atoms with Gasteiger partial charge in [0.1, 0.15) is 11.6 Å². The first-order valence-electron chi connectivity index (χ1n) is 7.84. The average Bonchev–Trinajstić information content (AvgIpc) is 3.39. The predicted molar refractivity (Wildman–Crippen MR) is 83.4 cm³/mol. The molecule has 0 saturated heterocycles. The number of hydrogen-bond donors (Lipinski definition) is 1. The van der Waals surface area contributed by atoms with Crippen molar-refractivity contribution in [1.29, 1.82) is 0 Å². The number of anilines is 1. The van der Waals surface area contributed by atoms with E-state index >= 15 is 0 Å². The van der Waals surface area contributed by atoms with E-state index in [0.717, 1.165) is 35.1 Å². The molecule has 1 fully saturated rings. The number of rotatable bonds is 4. The number of hydrogen-bond acceptors (Lipinski definition) is 5. The van der Waals surface area contributed by atoms with Gasteiger partial charge < -0.3 is 14.8 Å². The normalized spacial score (nSPS) is 16.9. The van der Waals surface area contributed by atoms with Crippen LogP contribution in [0.3, 0.4) is 0 Å². The molecule has 0 amide bonds. The minimum atomic E-state index is 0.562. The van der Waals surface area contributed by atoms with Crippen molar-refractivity contribution in [3.8, 4) is 11.5 Å². The van der Waals surface area contributed by atoms with Crippen molar-refractivity contribution >= 4 is 5.82 Å². The Balaban J connectivity index is 1.50. The van der Waals surface area contributed by atoms with Crippen LogP contribution in [0.1, 0.15) is 36.6 Å². The smallest absolute Gasteiger partial charge is 0.166 e. The van der Waals surface area contributed by atoms with Gasteiger partial charge in [0.2, 0.25) is 0 Å². The summed E-state index contributed by atoms with van der Waals surface area (Å²) in [5.41, 5.74) is 1.09. The Bertz CT molecular complexity index is 671. The Labute approximate surface area is 129 Å². The molecular formula is C17H19N3O2. The summed E-state index contributed by atoms with van der Waals surface area (Å²) in [4.78, 5) is 8.93. The summed E-state index contributed by atoms with van der Waals surface area (Å²) in [5, 5.41) is 3.37. The van der Waals surface area contributed by atoms with Gasteiger partial charge in [0.25, 0.3) is 0 Å². The molecule has 1 N–H and O–H groups in total. The third-order valence-corrected chi connectivity index (χ3v) is 3.93. The number of ether oxygens (including phenoxy) is 2. The highest BCUT2D eigenvalue weighted by molar-refractivity contribution is 5.48. The largest absolute Gasteiger partial charge is 0.490 e. The zero-order chi connectivity index (χ0) is 14.8. The molecule has 0 radical (unpaired) electrons. The van der Waals surface area contributed by atoms with Gasteiger partial charge in [-0.3, -0.25) is 0 Å². The van der Waals surface area contributed by atoms with Gasteiger partial charge in [0, 0.05) is 30.6 Å². The molecule has 22 heavy (non-hydrogen) atoms. The van der Waals surface area contributed by atoms with E-state index in [0.29, 0.717) is 25.7 Å². The first-order valence-corrected chi connectivity index (χ1v) is 7.84. The topological polar surface area (TPSA) is 56.3 Å². The van der Waals surface area contributed by atoms with Gasteiger partial charge >= 0.3 is 0 Å². The Hall–Kier alpha value is -2.30.